The lowest BCUT2D eigenvalue weighted by Crippen LogP contribution is -2.42. The summed E-state index contributed by atoms with van der Waals surface area (Å²) < 4.78 is 0. The van der Waals surface area contributed by atoms with Crippen molar-refractivity contribution in [1.82, 2.24) is 5.32 Å². The maximum absolute atomic E-state index is 4.94. The van der Waals surface area contributed by atoms with Crippen LogP contribution in [0.1, 0.15) is 80.4 Å². The molecule has 0 atom stereocenters. The number of rotatable bonds is 4. The number of benzene rings is 2. The van der Waals surface area contributed by atoms with Crippen molar-refractivity contribution < 1.29 is 0 Å². The quantitative estimate of drug-likeness (QED) is 0.429. The Morgan fingerprint density at radius 3 is 1.33 bits per heavy atom. The summed E-state index contributed by atoms with van der Waals surface area (Å²) in [5, 5.41) is 3.57. The summed E-state index contributed by atoms with van der Waals surface area (Å²) in [5.74, 6) is 0.881. The van der Waals surface area contributed by atoms with Crippen molar-refractivity contribution >= 4 is 17.3 Å². The lowest BCUT2D eigenvalue weighted by atomic mass is 9.87. The average molecular weight is 408 g/mol. The molecular formula is C27H41N3. The lowest BCUT2D eigenvalue weighted by molar-refractivity contribution is 0.590. The maximum Gasteiger partial charge on any atom is 0.203 e. The predicted molar refractivity (Wildman–Crippen MR) is 133 cm³/mol. The van der Waals surface area contributed by atoms with Crippen molar-refractivity contribution in [2.75, 3.05) is 4.90 Å². The molecule has 0 amide bonds. The van der Waals surface area contributed by atoms with E-state index in [4.69, 9.17) is 4.99 Å². The van der Waals surface area contributed by atoms with E-state index in [2.05, 4.69) is 128 Å². The van der Waals surface area contributed by atoms with Crippen LogP contribution in [0.5, 0.6) is 0 Å². The highest BCUT2D eigenvalue weighted by atomic mass is 15.3. The van der Waals surface area contributed by atoms with Crippen LogP contribution < -0.4 is 10.2 Å². The Morgan fingerprint density at radius 1 is 0.700 bits per heavy atom. The number of anilines is 2. The highest BCUT2D eigenvalue weighted by Crippen LogP contribution is 2.31. The van der Waals surface area contributed by atoms with Crippen molar-refractivity contribution in [3.05, 3.63) is 59.7 Å². The molecule has 0 aromatic heterocycles. The molecule has 0 unspecified atom stereocenters. The Morgan fingerprint density at radius 2 is 1.07 bits per heavy atom. The minimum Gasteiger partial charge on any atom is -0.353 e. The van der Waals surface area contributed by atoms with Gasteiger partial charge in [0.05, 0.1) is 0 Å². The van der Waals surface area contributed by atoms with Gasteiger partial charge in [0.1, 0.15) is 0 Å². The van der Waals surface area contributed by atoms with Crippen LogP contribution >= 0.6 is 0 Å². The smallest absolute Gasteiger partial charge is 0.203 e. The molecule has 2 rings (SSSR count). The average Bonchev–Trinajstić information content (AvgIpc) is 2.60. The van der Waals surface area contributed by atoms with Crippen molar-refractivity contribution in [2.45, 2.75) is 92.2 Å². The zero-order valence-electron chi connectivity index (χ0n) is 20.7. The van der Waals surface area contributed by atoms with Crippen molar-refractivity contribution in [1.29, 1.82) is 0 Å². The van der Waals surface area contributed by atoms with Gasteiger partial charge in [-0.05, 0) is 73.9 Å². The van der Waals surface area contributed by atoms with E-state index >= 15 is 0 Å². The van der Waals surface area contributed by atoms with Crippen molar-refractivity contribution in [3.8, 4) is 0 Å². The van der Waals surface area contributed by atoms with Crippen LogP contribution in [0.3, 0.4) is 0 Å². The predicted octanol–water partition coefficient (Wildman–Crippen LogP) is 7.18. The number of aliphatic imine (C=N–C) groups is 1. The second-order valence-electron chi connectivity index (χ2n) is 10.8. The first-order valence-electron chi connectivity index (χ1n) is 11.1. The van der Waals surface area contributed by atoms with E-state index < -0.39 is 0 Å². The van der Waals surface area contributed by atoms with Gasteiger partial charge in [0, 0.05) is 23.5 Å². The van der Waals surface area contributed by atoms with Gasteiger partial charge in [0.2, 0.25) is 5.96 Å². The lowest BCUT2D eigenvalue weighted by Gasteiger charge is -2.30. The Balaban J connectivity index is 2.59. The van der Waals surface area contributed by atoms with Crippen LogP contribution in [0.2, 0.25) is 0 Å². The molecule has 30 heavy (non-hydrogen) atoms. The van der Waals surface area contributed by atoms with Gasteiger partial charge in [0.15, 0.2) is 0 Å². The number of hydrogen-bond acceptors (Lipinski definition) is 1. The Kier molecular flexibility index (Phi) is 7.39. The third-order valence-corrected chi connectivity index (χ3v) is 4.99. The summed E-state index contributed by atoms with van der Waals surface area (Å²) in [4.78, 5) is 7.18. The molecule has 0 fully saturated rings. The molecule has 0 saturated carbocycles. The van der Waals surface area contributed by atoms with Crippen LogP contribution in [0.15, 0.2) is 53.5 Å². The first kappa shape index (κ1) is 24.0. The summed E-state index contributed by atoms with van der Waals surface area (Å²) in [6.45, 7) is 22.0. The normalized spacial score (nSPS) is 13.1. The van der Waals surface area contributed by atoms with Gasteiger partial charge in [0.25, 0.3) is 0 Å². The van der Waals surface area contributed by atoms with Gasteiger partial charge in [-0.2, -0.15) is 0 Å². The molecular weight excluding hydrogens is 366 g/mol. The minimum atomic E-state index is 0.128. The van der Waals surface area contributed by atoms with Crippen LogP contribution in [0, 0.1) is 0 Å². The zero-order valence-corrected chi connectivity index (χ0v) is 20.7. The van der Waals surface area contributed by atoms with Crippen molar-refractivity contribution in [2.24, 2.45) is 4.99 Å². The summed E-state index contributed by atoms with van der Waals surface area (Å²) in [6, 6.07) is 18.2. The van der Waals surface area contributed by atoms with Gasteiger partial charge in [-0.25, -0.2) is 4.99 Å². The maximum atomic E-state index is 4.94. The standard InChI is InChI=1S/C27H41N3/c1-19(2)28-25(29-20(3)4)30(23-15-11-21(12-16-23)26(5,6)7)24-17-13-22(14-18-24)27(8,9)10/h11-20H,1-10H3,(H,28,29). The molecule has 0 aliphatic heterocycles. The van der Waals surface area contributed by atoms with Gasteiger partial charge >= 0.3 is 0 Å². The third kappa shape index (κ3) is 6.35. The van der Waals surface area contributed by atoms with E-state index in [9.17, 15) is 0 Å². The summed E-state index contributed by atoms with van der Waals surface area (Å²) >= 11 is 0. The van der Waals surface area contributed by atoms with Gasteiger partial charge < -0.3 is 5.32 Å². The third-order valence-electron chi connectivity index (χ3n) is 4.99. The Bertz CT molecular complexity index is 772. The SMILES string of the molecule is CC(C)N=C(NC(C)C)N(c1ccc(C(C)(C)C)cc1)c1ccc(C(C)(C)C)cc1. The van der Waals surface area contributed by atoms with Gasteiger partial charge in [-0.15, -0.1) is 0 Å². The van der Waals surface area contributed by atoms with Gasteiger partial charge in [-0.1, -0.05) is 65.8 Å². The van der Waals surface area contributed by atoms with E-state index in [-0.39, 0.29) is 22.9 Å². The Hall–Kier alpha value is -2.29. The van der Waals surface area contributed by atoms with E-state index in [1.165, 1.54) is 11.1 Å². The Labute approximate surface area is 184 Å². The topological polar surface area (TPSA) is 27.6 Å². The fourth-order valence-corrected chi connectivity index (χ4v) is 3.28. The summed E-state index contributed by atoms with van der Waals surface area (Å²) in [5.41, 5.74) is 5.13. The molecule has 1 N–H and O–H groups in total. The van der Waals surface area contributed by atoms with Crippen LogP contribution in [0.4, 0.5) is 11.4 Å². The van der Waals surface area contributed by atoms with E-state index in [1.54, 1.807) is 0 Å². The molecule has 2 aromatic carbocycles. The van der Waals surface area contributed by atoms with E-state index in [0.717, 1.165) is 17.3 Å². The highest BCUT2D eigenvalue weighted by molar-refractivity contribution is 6.03. The number of guanidine groups is 1. The monoisotopic (exact) mass is 407 g/mol. The molecule has 0 aliphatic rings. The van der Waals surface area contributed by atoms with Gasteiger partial charge in [-0.3, -0.25) is 4.90 Å². The molecule has 0 spiro atoms. The molecule has 0 radical (unpaired) electrons. The number of hydrogen-bond donors (Lipinski definition) is 1. The van der Waals surface area contributed by atoms with E-state index in [1.807, 2.05) is 0 Å². The molecule has 0 aliphatic carbocycles. The molecule has 0 bridgehead atoms. The van der Waals surface area contributed by atoms with Crippen LogP contribution in [-0.4, -0.2) is 18.0 Å². The molecule has 0 heterocycles. The summed E-state index contributed by atoms with van der Waals surface area (Å²) in [7, 11) is 0. The second kappa shape index (κ2) is 9.24. The minimum absolute atomic E-state index is 0.128. The first-order chi connectivity index (χ1) is 13.8. The molecule has 2 aromatic rings. The largest absolute Gasteiger partial charge is 0.353 e. The molecule has 3 heteroatoms. The fraction of sp³-hybridized carbons (Fsp3) is 0.519. The second-order valence-corrected chi connectivity index (χ2v) is 10.8. The number of nitrogens with one attached hydrogen (secondary N) is 1. The highest BCUT2D eigenvalue weighted by Gasteiger charge is 2.21. The van der Waals surface area contributed by atoms with Crippen LogP contribution in [0.25, 0.3) is 0 Å². The van der Waals surface area contributed by atoms with Crippen LogP contribution in [-0.2, 0) is 10.8 Å². The summed E-state index contributed by atoms with van der Waals surface area (Å²) in [6.07, 6.45) is 0. The molecule has 164 valence electrons. The first-order valence-corrected chi connectivity index (χ1v) is 11.1. The molecule has 0 saturated heterocycles. The zero-order chi connectivity index (χ0) is 22.7. The van der Waals surface area contributed by atoms with Crippen molar-refractivity contribution in [3.63, 3.8) is 0 Å². The fourth-order valence-electron chi connectivity index (χ4n) is 3.28. The number of nitrogens with zero attached hydrogens (tertiary/aromatic N) is 2. The molecule has 3 nitrogen and oxygen atoms in total. The van der Waals surface area contributed by atoms with E-state index in [0.29, 0.717) is 0 Å².